The van der Waals surface area contributed by atoms with Crippen molar-refractivity contribution in [1.29, 1.82) is 0 Å². The topological polar surface area (TPSA) is 20.3 Å². The summed E-state index contributed by atoms with van der Waals surface area (Å²) >= 11 is 0. The van der Waals surface area contributed by atoms with Crippen LogP contribution in [-0.4, -0.2) is 19.4 Å². The summed E-state index contributed by atoms with van der Waals surface area (Å²) in [4.78, 5) is 13.8. The van der Waals surface area contributed by atoms with Crippen molar-refractivity contribution in [3.8, 4) is 0 Å². The Morgan fingerprint density at radius 3 is 2.59 bits per heavy atom. The normalized spacial score (nSPS) is 19.6. The summed E-state index contributed by atoms with van der Waals surface area (Å²) < 4.78 is 0. The molecule has 0 bridgehead atoms. The molecular formula is C15H21NO. The second kappa shape index (κ2) is 5.35. The van der Waals surface area contributed by atoms with Crippen LogP contribution >= 0.6 is 0 Å². The molecule has 17 heavy (non-hydrogen) atoms. The van der Waals surface area contributed by atoms with Crippen molar-refractivity contribution < 1.29 is 4.79 Å². The smallest absolute Gasteiger partial charge is 0.136 e. The van der Waals surface area contributed by atoms with E-state index in [1.807, 2.05) is 0 Å². The van der Waals surface area contributed by atoms with Crippen molar-refractivity contribution in [2.24, 2.45) is 5.92 Å². The zero-order valence-electron chi connectivity index (χ0n) is 10.8. The second-order valence-corrected chi connectivity index (χ2v) is 5.10. The Balaban J connectivity index is 1.86. The van der Waals surface area contributed by atoms with Gasteiger partial charge in [0.25, 0.3) is 0 Å². The summed E-state index contributed by atoms with van der Waals surface area (Å²) in [5.74, 6) is 0.796. The van der Waals surface area contributed by atoms with E-state index in [0.717, 1.165) is 32.2 Å². The van der Waals surface area contributed by atoms with Crippen LogP contribution in [-0.2, 0) is 4.79 Å². The molecule has 1 fully saturated rings. The fraction of sp³-hybridized carbons (Fsp3) is 0.533. The number of Topliss-reactive ketones (excluding diaryl/α,β-unsaturated/α-hetero) is 1. The van der Waals surface area contributed by atoms with Gasteiger partial charge in [-0.3, -0.25) is 4.79 Å². The van der Waals surface area contributed by atoms with Crippen molar-refractivity contribution in [2.75, 3.05) is 18.5 Å². The molecule has 0 amide bonds. The van der Waals surface area contributed by atoms with Crippen molar-refractivity contribution >= 4 is 11.5 Å². The standard InChI is InChI=1S/C15H21NO/c1-12-6-8-14(9-7-12)16(2)11-10-13-4-3-5-15(13)17/h6-9,13H,3-5,10-11H2,1-2H3. The fourth-order valence-corrected chi connectivity index (χ4v) is 2.47. The van der Waals surface area contributed by atoms with Gasteiger partial charge in [-0.2, -0.15) is 0 Å². The molecule has 1 aromatic rings. The van der Waals surface area contributed by atoms with Crippen LogP contribution in [0, 0.1) is 12.8 Å². The molecule has 1 aromatic carbocycles. The highest BCUT2D eigenvalue weighted by molar-refractivity contribution is 5.82. The minimum atomic E-state index is 0.322. The quantitative estimate of drug-likeness (QED) is 0.793. The lowest BCUT2D eigenvalue weighted by Gasteiger charge is -2.21. The predicted octanol–water partition coefficient (Wildman–Crippen LogP) is 3.19. The minimum Gasteiger partial charge on any atom is -0.375 e. The number of anilines is 1. The average Bonchev–Trinajstić information content (AvgIpc) is 2.73. The molecule has 2 nitrogen and oxygen atoms in total. The van der Waals surface area contributed by atoms with Crippen LogP contribution in [0.3, 0.4) is 0 Å². The van der Waals surface area contributed by atoms with Crippen LogP contribution in [0.15, 0.2) is 24.3 Å². The van der Waals surface area contributed by atoms with Crippen molar-refractivity contribution in [2.45, 2.75) is 32.6 Å². The lowest BCUT2D eigenvalue weighted by atomic mass is 10.0. The molecule has 0 aliphatic heterocycles. The van der Waals surface area contributed by atoms with E-state index < -0.39 is 0 Å². The number of hydrogen-bond donors (Lipinski definition) is 0. The maximum absolute atomic E-state index is 11.5. The first-order valence-corrected chi connectivity index (χ1v) is 6.47. The SMILES string of the molecule is Cc1ccc(N(C)CCC2CCCC2=O)cc1. The Bertz CT molecular complexity index is 382. The Morgan fingerprint density at radius 2 is 2.00 bits per heavy atom. The van der Waals surface area contributed by atoms with Gasteiger partial charge in [-0.1, -0.05) is 17.7 Å². The summed E-state index contributed by atoms with van der Waals surface area (Å²) in [6.45, 7) is 3.07. The number of nitrogens with zero attached hydrogens (tertiary/aromatic N) is 1. The molecule has 0 heterocycles. The highest BCUT2D eigenvalue weighted by Crippen LogP contribution is 2.25. The third-order valence-corrected chi connectivity index (χ3v) is 3.72. The number of rotatable bonds is 4. The molecule has 1 saturated carbocycles. The number of ketones is 1. The first-order valence-electron chi connectivity index (χ1n) is 6.47. The summed E-state index contributed by atoms with van der Waals surface area (Å²) in [6.07, 6.45) is 4.00. The van der Waals surface area contributed by atoms with Gasteiger partial charge in [0.05, 0.1) is 0 Å². The number of benzene rings is 1. The van der Waals surface area contributed by atoms with E-state index in [1.165, 1.54) is 11.3 Å². The molecule has 1 aliphatic rings. The number of carbonyl (C=O) groups is 1. The van der Waals surface area contributed by atoms with Crippen molar-refractivity contribution in [3.05, 3.63) is 29.8 Å². The highest BCUT2D eigenvalue weighted by atomic mass is 16.1. The van der Waals surface area contributed by atoms with Crippen LogP contribution in [0.4, 0.5) is 5.69 Å². The van der Waals surface area contributed by atoms with Crippen LogP contribution in [0.2, 0.25) is 0 Å². The lowest BCUT2D eigenvalue weighted by molar-refractivity contribution is -0.120. The van der Waals surface area contributed by atoms with Crippen molar-refractivity contribution in [3.63, 3.8) is 0 Å². The zero-order valence-corrected chi connectivity index (χ0v) is 10.8. The molecule has 1 atom stereocenters. The van der Waals surface area contributed by atoms with Gasteiger partial charge in [0, 0.05) is 31.6 Å². The second-order valence-electron chi connectivity index (χ2n) is 5.10. The number of carbonyl (C=O) groups excluding carboxylic acids is 1. The molecule has 0 spiro atoms. The third-order valence-electron chi connectivity index (χ3n) is 3.72. The first-order chi connectivity index (χ1) is 8.16. The summed E-state index contributed by atoms with van der Waals surface area (Å²) in [5.41, 5.74) is 2.52. The van der Waals surface area contributed by atoms with Gasteiger partial charge in [0.2, 0.25) is 0 Å². The van der Waals surface area contributed by atoms with Crippen LogP contribution in [0.1, 0.15) is 31.2 Å². The van der Waals surface area contributed by atoms with Gasteiger partial charge in [-0.15, -0.1) is 0 Å². The molecule has 0 aromatic heterocycles. The zero-order chi connectivity index (χ0) is 12.3. The predicted molar refractivity (Wildman–Crippen MR) is 71.4 cm³/mol. The largest absolute Gasteiger partial charge is 0.375 e. The summed E-state index contributed by atoms with van der Waals surface area (Å²) in [5, 5.41) is 0. The Hall–Kier alpha value is -1.31. The molecule has 92 valence electrons. The van der Waals surface area contributed by atoms with E-state index in [2.05, 4.69) is 43.1 Å². The fourth-order valence-electron chi connectivity index (χ4n) is 2.47. The van der Waals surface area contributed by atoms with E-state index in [-0.39, 0.29) is 0 Å². The van der Waals surface area contributed by atoms with Crippen molar-refractivity contribution in [1.82, 2.24) is 0 Å². The van der Waals surface area contributed by atoms with Crippen LogP contribution in [0.25, 0.3) is 0 Å². The lowest BCUT2D eigenvalue weighted by Crippen LogP contribution is -2.22. The Morgan fingerprint density at radius 1 is 1.29 bits per heavy atom. The Labute approximate surface area is 104 Å². The molecule has 0 radical (unpaired) electrons. The van der Waals surface area contributed by atoms with E-state index in [0.29, 0.717) is 11.7 Å². The van der Waals surface area contributed by atoms with Gasteiger partial charge in [0.15, 0.2) is 0 Å². The number of hydrogen-bond acceptors (Lipinski definition) is 2. The van der Waals surface area contributed by atoms with E-state index in [9.17, 15) is 4.79 Å². The van der Waals surface area contributed by atoms with E-state index in [4.69, 9.17) is 0 Å². The number of aryl methyl sites for hydroxylation is 1. The Kier molecular flexibility index (Phi) is 3.82. The maximum Gasteiger partial charge on any atom is 0.136 e. The molecule has 1 unspecified atom stereocenters. The molecule has 0 saturated heterocycles. The van der Waals surface area contributed by atoms with Gasteiger partial charge in [-0.05, 0) is 38.3 Å². The van der Waals surface area contributed by atoms with Crippen LogP contribution in [0.5, 0.6) is 0 Å². The highest BCUT2D eigenvalue weighted by Gasteiger charge is 2.24. The molecule has 2 heteroatoms. The van der Waals surface area contributed by atoms with Crippen LogP contribution < -0.4 is 4.90 Å². The van der Waals surface area contributed by atoms with E-state index in [1.54, 1.807) is 0 Å². The third kappa shape index (κ3) is 3.09. The molecular weight excluding hydrogens is 210 g/mol. The molecule has 2 rings (SSSR count). The van der Waals surface area contributed by atoms with Gasteiger partial charge < -0.3 is 4.90 Å². The molecule has 1 aliphatic carbocycles. The summed E-state index contributed by atoms with van der Waals surface area (Å²) in [6, 6.07) is 8.55. The minimum absolute atomic E-state index is 0.322. The first kappa shape index (κ1) is 12.2. The van der Waals surface area contributed by atoms with E-state index >= 15 is 0 Å². The summed E-state index contributed by atoms with van der Waals surface area (Å²) in [7, 11) is 2.10. The average molecular weight is 231 g/mol. The van der Waals surface area contributed by atoms with Gasteiger partial charge >= 0.3 is 0 Å². The van der Waals surface area contributed by atoms with Gasteiger partial charge in [0.1, 0.15) is 5.78 Å². The maximum atomic E-state index is 11.5. The monoisotopic (exact) mass is 231 g/mol. The van der Waals surface area contributed by atoms with Gasteiger partial charge in [-0.25, -0.2) is 0 Å². The molecule has 0 N–H and O–H groups in total.